The first-order valence-electron chi connectivity index (χ1n) is 10.9. The molecule has 178 valence electrons. The molecule has 1 aliphatic heterocycles. The molecule has 2 N–H and O–H groups in total. The first-order chi connectivity index (χ1) is 16.9. The molecule has 1 aromatic heterocycles. The zero-order valence-corrected chi connectivity index (χ0v) is 18.6. The van der Waals surface area contributed by atoms with Gasteiger partial charge in [0.05, 0.1) is 10.6 Å². The van der Waals surface area contributed by atoms with E-state index < -0.39 is 16.7 Å². The van der Waals surface area contributed by atoms with Crippen LogP contribution in [0.5, 0.6) is 11.5 Å². The molecule has 0 saturated carbocycles. The van der Waals surface area contributed by atoms with E-state index >= 15 is 0 Å². The molecule has 2 aromatic carbocycles. The molecular weight excluding hydrogens is 456 g/mol. The average molecular weight is 476 g/mol. The number of ether oxygens (including phenoxy) is 2. The number of nitrogens with zero attached hydrogens (tertiary/aromatic N) is 2. The number of carbonyl (C=O) groups excluding carboxylic acids is 2. The van der Waals surface area contributed by atoms with Crippen molar-refractivity contribution in [3.05, 3.63) is 80.8 Å². The number of anilines is 1. The topological polar surface area (TPSA) is 145 Å². The first kappa shape index (κ1) is 22.1. The molecule has 0 unspecified atom stereocenters. The number of carbonyl (C=O) groups is 2. The van der Waals surface area contributed by atoms with E-state index in [-0.39, 0.29) is 23.8 Å². The summed E-state index contributed by atoms with van der Waals surface area (Å²) in [5, 5.41) is 18.0. The Balaban J connectivity index is 1.35. The lowest BCUT2D eigenvalue weighted by atomic mass is 9.93. The fourth-order valence-corrected chi connectivity index (χ4v) is 4.10. The quantitative estimate of drug-likeness (QED) is 0.419. The van der Waals surface area contributed by atoms with Gasteiger partial charge in [-0.3, -0.25) is 19.7 Å². The average Bonchev–Trinajstić information content (AvgIpc) is 3.46. The number of non-ortho nitro benzene ring substituents is 1. The van der Waals surface area contributed by atoms with Gasteiger partial charge in [-0.05, 0) is 38.0 Å². The fraction of sp³-hybridized carbons (Fsp3) is 0.208. The normalized spacial score (nSPS) is 14.9. The number of hydrogen-bond donors (Lipinski definition) is 2. The lowest BCUT2D eigenvalue weighted by Gasteiger charge is -2.13. The molecule has 2 amide bonds. The maximum Gasteiger partial charge on any atom is 0.291 e. The van der Waals surface area contributed by atoms with Gasteiger partial charge in [-0.2, -0.15) is 5.10 Å². The summed E-state index contributed by atoms with van der Waals surface area (Å²) in [6.45, 7) is 1.90. The Morgan fingerprint density at radius 2 is 1.89 bits per heavy atom. The van der Waals surface area contributed by atoms with Crippen LogP contribution in [0.25, 0.3) is 0 Å². The number of fused-ring (bicyclic) bond motifs is 2. The van der Waals surface area contributed by atoms with Crippen molar-refractivity contribution >= 4 is 28.9 Å². The molecule has 0 atom stereocenters. The summed E-state index contributed by atoms with van der Waals surface area (Å²) < 4.78 is 16.5. The molecule has 3 aromatic rings. The van der Waals surface area contributed by atoms with E-state index in [1.807, 2.05) is 0 Å². The van der Waals surface area contributed by atoms with Crippen LogP contribution in [-0.2, 0) is 6.42 Å². The number of rotatable bonds is 5. The third-order valence-corrected chi connectivity index (χ3v) is 5.77. The highest BCUT2D eigenvalue weighted by Crippen LogP contribution is 2.35. The van der Waals surface area contributed by atoms with E-state index in [2.05, 4.69) is 15.8 Å². The van der Waals surface area contributed by atoms with E-state index in [1.165, 1.54) is 24.3 Å². The lowest BCUT2D eigenvalue weighted by molar-refractivity contribution is -0.384. The Labute approximate surface area is 198 Å². The van der Waals surface area contributed by atoms with Gasteiger partial charge in [-0.15, -0.1) is 0 Å². The van der Waals surface area contributed by atoms with E-state index in [0.717, 1.165) is 6.42 Å². The van der Waals surface area contributed by atoms with Crippen molar-refractivity contribution in [3.8, 4) is 11.5 Å². The number of furan rings is 1. The van der Waals surface area contributed by atoms with Crippen LogP contribution >= 0.6 is 0 Å². The SMILES string of the molecule is Cc1c(C(=O)Nc2ccc3c(c2)OCO3)oc2c1/C(=N/NC(=O)c1cccc([N+](=O)[O-])c1)CCC2. The maximum atomic E-state index is 13.0. The van der Waals surface area contributed by atoms with Gasteiger partial charge in [0, 0.05) is 47.0 Å². The van der Waals surface area contributed by atoms with Gasteiger partial charge in [0.15, 0.2) is 17.3 Å². The summed E-state index contributed by atoms with van der Waals surface area (Å²) in [6, 6.07) is 10.5. The van der Waals surface area contributed by atoms with Crippen LogP contribution in [0.4, 0.5) is 11.4 Å². The molecular formula is C24H20N4O7. The number of nitro benzene ring substituents is 1. The molecule has 0 bridgehead atoms. The summed E-state index contributed by atoms with van der Waals surface area (Å²) in [7, 11) is 0. The van der Waals surface area contributed by atoms with Gasteiger partial charge in [-0.25, -0.2) is 5.43 Å². The monoisotopic (exact) mass is 476 g/mol. The zero-order chi connectivity index (χ0) is 24.5. The Kier molecular flexibility index (Phi) is 5.65. The number of nitro groups is 1. The number of aryl methyl sites for hydroxylation is 1. The van der Waals surface area contributed by atoms with Crippen molar-refractivity contribution < 1.29 is 28.4 Å². The van der Waals surface area contributed by atoms with E-state index in [4.69, 9.17) is 13.9 Å². The summed E-state index contributed by atoms with van der Waals surface area (Å²) in [6.07, 6.45) is 1.94. The van der Waals surface area contributed by atoms with Crippen molar-refractivity contribution in [2.75, 3.05) is 12.1 Å². The molecule has 2 heterocycles. The zero-order valence-electron chi connectivity index (χ0n) is 18.6. The highest BCUT2D eigenvalue weighted by atomic mass is 16.7. The summed E-state index contributed by atoms with van der Waals surface area (Å²) >= 11 is 0. The number of amides is 2. The van der Waals surface area contributed by atoms with E-state index in [1.54, 1.807) is 25.1 Å². The Bertz CT molecular complexity index is 1390. The minimum Gasteiger partial charge on any atom is -0.455 e. The van der Waals surface area contributed by atoms with Gasteiger partial charge in [0.2, 0.25) is 6.79 Å². The predicted octanol–water partition coefficient (Wildman–Crippen LogP) is 3.95. The minimum absolute atomic E-state index is 0.118. The van der Waals surface area contributed by atoms with E-state index in [9.17, 15) is 19.7 Å². The van der Waals surface area contributed by atoms with Gasteiger partial charge in [-0.1, -0.05) is 6.07 Å². The van der Waals surface area contributed by atoms with Crippen molar-refractivity contribution in [3.63, 3.8) is 0 Å². The minimum atomic E-state index is -0.574. The van der Waals surface area contributed by atoms with Crippen LogP contribution in [-0.4, -0.2) is 29.2 Å². The summed E-state index contributed by atoms with van der Waals surface area (Å²) in [5.74, 6) is 0.944. The fourth-order valence-electron chi connectivity index (χ4n) is 4.10. The van der Waals surface area contributed by atoms with Crippen LogP contribution in [0.1, 0.15) is 50.6 Å². The number of benzene rings is 2. The molecule has 1 aliphatic carbocycles. The number of hydrogen-bond acceptors (Lipinski definition) is 8. The lowest BCUT2D eigenvalue weighted by Crippen LogP contribution is -2.22. The van der Waals surface area contributed by atoms with Gasteiger partial charge < -0.3 is 19.2 Å². The molecule has 11 heteroatoms. The number of hydrazone groups is 1. The Morgan fingerprint density at radius 3 is 2.71 bits per heavy atom. The van der Waals surface area contributed by atoms with Crippen molar-refractivity contribution in [1.82, 2.24) is 5.43 Å². The smallest absolute Gasteiger partial charge is 0.291 e. The molecule has 0 saturated heterocycles. The van der Waals surface area contributed by atoms with Gasteiger partial charge in [0.25, 0.3) is 17.5 Å². The Morgan fingerprint density at radius 1 is 1.06 bits per heavy atom. The predicted molar refractivity (Wildman–Crippen MR) is 124 cm³/mol. The highest BCUT2D eigenvalue weighted by molar-refractivity contribution is 6.09. The third-order valence-electron chi connectivity index (χ3n) is 5.77. The first-order valence-corrected chi connectivity index (χ1v) is 10.9. The van der Waals surface area contributed by atoms with Crippen LogP contribution in [0.3, 0.4) is 0 Å². The summed E-state index contributed by atoms with van der Waals surface area (Å²) in [5.41, 5.74) is 4.80. The molecule has 35 heavy (non-hydrogen) atoms. The van der Waals surface area contributed by atoms with Crippen LogP contribution in [0.15, 0.2) is 52.0 Å². The van der Waals surface area contributed by atoms with Crippen molar-refractivity contribution in [2.24, 2.45) is 5.10 Å². The molecule has 0 spiro atoms. The summed E-state index contributed by atoms with van der Waals surface area (Å²) in [4.78, 5) is 35.9. The standard InChI is InChI=1S/C24H20N4O7/c1-13-21-17(26-27-23(29)14-4-2-5-16(10-14)28(31)32)6-3-7-19(21)35-22(13)24(30)25-15-8-9-18-20(11-15)34-12-33-18/h2,4-5,8-11H,3,6-7,12H2,1H3,(H,25,30)(H,27,29)/b26-17+. The number of nitrogens with one attached hydrogen (secondary N) is 2. The van der Waals surface area contributed by atoms with E-state index in [0.29, 0.717) is 52.6 Å². The molecule has 5 rings (SSSR count). The van der Waals surface area contributed by atoms with Crippen LogP contribution in [0, 0.1) is 17.0 Å². The van der Waals surface area contributed by atoms with Gasteiger partial charge in [0.1, 0.15) is 5.76 Å². The molecule has 11 nitrogen and oxygen atoms in total. The largest absolute Gasteiger partial charge is 0.455 e. The molecule has 0 fully saturated rings. The second-order valence-corrected chi connectivity index (χ2v) is 8.04. The molecule has 0 radical (unpaired) electrons. The maximum absolute atomic E-state index is 13.0. The second kappa shape index (κ2) is 8.93. The second-order valence-electron chi connectivity index (χ2n) is 8.04. The van der Waals surface area contributed by atoms with Gasteiger partial charge >= 0.3 is 0 Å². The highest BCUT2D eigenvalue weighted by Gasteiger charge is 2.28. The third kappa shape index (κ3) is 4.31. The van der Waals surface area contributed by atoms with Crippen molar-refractivity contribution in [2.45, 2.75) is 26.2 Å². The van der Waals surface area contributed by atoms with Crippen LogP contribution in [0.2, 0.25) is 0 Å². The van der Waals surface area contributed by atoms with Crippen LogP contribution < -0.4 is 20.2 Å². The Hall–Kier alpha value is -4.67. The molecule has 2 aliphatic rings. The van der Waals surface area contributed by atoms with Crippen molar-refractivity contribution in [1.29, 1.82) is 0 Å².